The van der Waals surface area contributed by atoms with Crippen LogP contribution in [-0.4, -0.2) is 36.2 Å². The van der Waals surface area contributed by atoms with Gasteiger partial charge in [-0.05, 0) is 42.3 Å². The molecule has 0 bridgehead atoms. The minimum atomic E-state index is -0.356. The maximum Gasteiger partial charge on any atom is 0.337 e. The normalized spacial score (nSPS) is 13.0. The smallest absolute Gasteiger partial charge is 0.337 e. The number of nitrogens with one attached hydrogen (secondary N) is 1. The Morgan fingerprint density at radius 2 is 1.94 bits per heavy atom. The zero-order valence-corrected chi connectivity index (χ0v) is 20.8. The summed E-state index contributed by atoms with van der Waals surface area (Å²) >= 11 is 6.16. The van der Waals surface area contributed by atoms with Gasteiger partial charge >= 0.3 is 5.97 Å². The van der Waals surface area contributed by atoms with Gasteiger partial charge in [0.25, 0.3) is 0 Å². The van der Waals surface area contributed by atoms with Crippen LogP contribution in [0, 0.1) is 0 Å². The van der Waals surface area contributed by atoms with E-state index in [4.69, 9.17) is 21.1 Å². The molecule has 2 heterocycles. The van der Waals surface area contributed by atoms with Crippen molar-refractivity contribution in [2.75, 3.05) is 30.5 Å². The first-order valence-electron chi connectivity index (χ1n) is 11.4. The number of ether oxygens (including phenoxy) is 2. The molecule has 1 aliphatic heterocycles. The molecule has 8 heteroatoms. The largest absolute Gasteiger partial charge is 0.474 e. The third kappa shape index (κ3) is 6.38. The van der Waals surface area contributed by atoms with E-state index >= 15 is 0 Å². The third-order valence-electron chi connectivity index (χ3n) is 5.15. The third-order valence-corrected chi connectivity index (χ3v) is 5.39. The van der Waals surface area contributed by atoms with Gasteiger partial charge in [0.05, 0.1) is 25.3 Å². The van der Waals surface area contributed by atoms with Gasteiger partial charge < -0.3 is 19.7 Å². The van der Waals surface area contributed by atoms with Crippen molar-refractivity contribution in [3.63, 3.8) is 0 Å². The van der Waals surface area contributed by atoms with Crippen LogP contribution in [0.3, 0.4) is 0 Å². The zero-order valence-electron chi connectivity index (χ0n) is 20.0. The Bertz CT molecular complexity index is 1090. The molecule has 1 aliphatic rings. The van der Waals surface area contributed by atoms with Gasteiger partial charge in [0, 0.05) is 11.6 Å². The summed E-state index contributed by atoms with van der Waals surface area (Å²) in [5, 5.41) is 4.17. The topological polar surface area (TPSA) is 76.6 Å². The number of esters is 1. The summed E-state index contributed by atoms with van der Waals surface area (Å²) in [5.74, 6) is 0.890. The summed E-state index contributed by atoms with van der Waals surface area (Å²) in [4.78, 5) is 22.7. The minimum Gasteiger partial charge on any atom is -0.474 e. The standard InChI is InChI=1S/C23H23ClN4O3.C3H8/c1-15(17-6-8-18(9-7-17)23(29)30-2)27-21-20-22(26-14-25-21)31-11-10-28(20)13-16-4-3-5-19(24)12-16;1-3-2/h3-9,12,14-15H,10-11,13H2,1-2H3,(H,25,26,27);3H2,1-2H3. The summed E-state index contributed by atoms with van der Waals surface area (Å²) in [7, 11) is 1.37. The number of nitrogens with zero attached hydrogens (tertiary/aromatic N) is 3. The molecule has 0 fully saturated rings. The first-order chi connectivity index (χ1) is 16.5. The maximum absolute atomic E-state index is 11.7. The van der Waals surface area contributed by atoms with Gasteiger partial charge in [-0.15, -0.1) is 0 Å². The van der Waals surface area contributed by atoms with Crippen molar-refractivity contribution >= 4 is 29.1 Å². The number of anilines is 2. The lowest BCUT2D eigenvalue weighted by Gasteiger charge is -2.32. The lowest BCUT2D eigenvalue weighted by molar-refractivity contribution is 0.0600. The van der Waals surface area contributed by atoms with Crippen LogP contribution in [-0.2, 0) is 11.3 Å². The van der Waals surface area contributed by atoms with E-state index < -0.39 is 0 Å². The maximum atomic E-state index is 11.7. The number of aromatic nitrogens is 2. The average molecular weight is 483 g/mol. The fourth-order valence-electron chi connectivity index (χ4n) is 3.55. The fraction of sp³-hybridized carbons (Fsp3) is 0.346. The Balaban J connectivity index is 0.00000103. The van der Waals surface area contributed by atoms with Crippen molar-refractivity contribution in [2.45, 2.75) is 39.8 Å². The lowest BCUT2D eigenvalue weighted by Crippen LogP contribution is -2.33. The van der Waals surface area contributed by atoms with Crippen molar-refractivity contribution in [2.24, 2.45) is 0 Å². The van der Waals surface area contributed by atoms with Crippen molar-refractivity contribution in [3.05, 3.63) is 76.6 Å². The molecule has 0 radical (unpaired) electrons. The number of halogens is 1. The molecule has 7 nitrogen and oxygen atoms in total. The summed E-state index contributed by atoms with van der Waals surface area (Å²) in [6, 6.07) is 15.1. The van der Waals surface area contributed by atoms with Gasteiger partial charge in [-0.1, -0.05) is 56.1 Å². The average Bonchev–Trinajstić information content (AvgIpc) is 2.84. The Hall–Kier alpha value is -3.32. The Morgan fingerprint density at radius 1 is 1.21 bits per heavy atom. The number of carbonyl (C=O) groups is 1. The highest BCUT2D eigenvalue weighted by Crippen LogP contribution is 2.37. The monoisotopic (exact) mass is 482 g/mol. The van der Waals surface area contributed by atoms with Gasteiger partial charge in [-0.3, -0.25) is 0 Å². The predicted molar refractivity (Wildman–Crippen MR) is 136 cm³/mol. The first kappa shape index (κ1) is 25.3. The van der Waals surface area contributed by atoms with Gasteiger partial charge in [0.1, 0.15) is 18.6 Å². The van der Waals surface area contributed by atoms with E-state index in [2.05, 4.69) is 34.0 Å². The SMILES string of the molecule is CCC.COC(=O)c1ccc(C(C)Nc2ncnc3c2N(Cc2cccc(Cl)c2)CCO3)cc1. The molecule has 0 spiro atoms. The molecule has 0 saturated heterocycles. The predicted octanol–water partition coefficient (Wildman–Crippen LogP) is 5.91. The number of hydrogen-bond acceptors (Lipinski definition) is 7. The molecule has 2 aromatic carbocycles. The number of hydrogen-bond donors (Lipinski definition) is 1. The molecule has 1 atom stereocenters. The second-order valence-corrected chi connectivity index (χ2v) is 8.40. The second-order valence-electron chi connectivity index (χ2n) is 7.96. The van der Waals surface area contributed by atoms with E-state index in [0.717, 1.165) is 16.8 Å². The van der Waals surface area contributed by atoms with Gasteiger partial charge in [0.15, 0.2) is 5.82 Å². The van der Waals surface area contributed by atoms with Crippen LogP contribution in [0.25, 0.3) is 0 Å². The Labute approximate surface area is 206 Å². The molecule has 0 amide bonds. The summed E-state index contributed by atoms with van der Waals surface area (Å²) < 4.78 is 10.6. The van der Waals surface area contributed by atoms with Gasteiger partial charge in [-0.25, -0.2) is 9.78 Å². The Kier molecular flexibility index (Phi) is 9.10. The summed E-state index contributed by atoms with van der Waals surface area (Å²) in [6.07, 6.45) is 2.75. The minimum absolute atomic E-state index is 0.0550. The molecule has 1 aromatic heterocycles. The van der Waals surface area contributed by atoms with Crippen LogP contribution in [0.5, 0.6) is 5.88 Å². The van der Waals surface area contributed by atoms with Gasteiger partial charge in [0.2, 0.25) is 5.88 Å². The van der Waals surface area contributed by atoms with E-state index in [-0.39, 0.29) is 12.0 Å². The van der Waals surface area contributed by atoms with Crippen molar-refractivity contribution in [1.82, 2.24) is 9.97 Å². The highest BCUT2D eigenvalue weighted by Gasteiger charge is 2.25. The molecule has 0 aliphatic carbocycles. The summed E-state index contributed by atoms with van der Waals surface area (Å²) in [6.45, 7) is 8.21. The van der Waals surface area contributed by atoms with Gasteiger partial charge in [-0.2, -0.15) is 4.98 Å². The molecular weight excluding hydrogens is 452 g/mol. The number of carbonyl (C=O) groups excluding carboxylic acids is 1. The van der Waals surface area contributed by atoms with Crippen molar-refractivity contribution in [1.29, 1.82) is 0 Å². The van der Waals surface area contributed by atoms with Crippen molar-refractivity contribution < 1.29 is 14.3 Å². The van der Waals surface area contributed by atoms with Crippen LogP contribution in [0.15, 0.2) is 54.9 Å². The molecule has 4 rings (SSSR count). The highest BCUT2D eigenvalue weighted by atomic mass is 35.5. The number of rotatable bonds is 6. The van der Waals surface area contributed by atoms with E-state index in [1.165, 1.54) is 19.9 Å². The lowest BCUT2D eigenvalue weighted by atomic mass is 10.1. The Morgan fingerprint density at radius 3 is 2.62 bits per heavy atom. The van der Waals surface area contributed by atoms with Crippen molar-refractivity contribution in [3.8, 4) is 5.88 Å². The zero-order chi connectivity index (χ0) is 24.5. The van der Waals surface area contributed by atoms with Crippen LogP contribution in [0.4, 0.5) is 11.5 Å². The fourth-order valence-corrected chi connectivity index (χ4v) is 3.76. The number of fused-ring (bicyclic) bond motifs is 1. The molecule has 0 saturated carbocycles. The first-order valence-corrected chi connectivity index (χ1v) is 11.8. The molecular formula is C26H31ClN4O3. The molecule has 3 aromatic rings. The second kappa shape index (κ2) is 12.2. The van der Waals surface area contributed by atoms with E-state index in [1.807, 2.05) is 43.3 Å². The number of methoxy groups -OCH3 is 1. The molecule has 1 unspecified atom stereocenters. The van der Waals surface area contributed by atoms with Crippen LogP contribution in [0.1, 0.15) is 54.7 Å². The van der Waals surface area contributed by atoms with Crippen LogP contribution < -0.4 is 15.0 Å². The number of benzene rings is 2. The molecule has 34 heavy (non-hydrogen) atoms. The molecule has 1 N–H and O–H groups in total. The van der Waals surface area contributed by atoms with E-state index in [1.54, 1.807) is 12.1 Å². The van der Waals surface area contributed by atoms with E-state index in [9.17, 15) is 4.79 Å². The van der Waals surface area contributed by atoms with Crippen LogP contribution in [0.2, 0.25) is 5.02 Å². The van der Waals surface area contributed by atoms with Crippen LogP contribution >= 0.6 is 11.6 Å². The summed E-state index contributed by atoms with van der Waals surface area (Å²) in [5.41, 5.74) is 3.45. The highest BCUT2D eigenvalue weighted by molar-refractivity contribution is 6.30. The van der Waals surface area contributed by atoms with E-state index in [0.29, 0.717) is 42.0 Å². The quantitative estimate of drug-likeness (QED) is 0.438. The molecule has 180 valence electrons.